The van der Waals surface area contributed by atoms with Crippen LogP contribution >= 0.6 is 11.6 Å². The maximum Gasteiger partial charge on any atom is 0.254 e. The Morgan fingerprint density at radius 2 is 2.44 bits per heavy atom. The summed E-state index contributed by atoms with van der Waals surface area (Å²) in [6.45, 7) is 0.517. The van der Waals surface area contributed by atoms with Gasteiger partial charge in [0, 0.05) is 32.1 Å². The van der Waals surface area contributed by atoms with E-state index in [1.54, 1.807) is 25.4 Å². The molecule has 0 bridgehead atoms. The molecule has 0 spiro atoms. The Morgan fingerprint density at radius 1 is 1.67 bits per heavy atom. The minimum Gasteiger partial charge on any atom is -0.355 e. The molecule has 0 radical (unpaired) electrons. The molecule has 6 heteroatoms. The first-order chi connectivity index (χ1) is 8.67. The summed E-state index contributed by atoms with van der Waals surface area (Å²) in [5.41, 5.74) is 0.406. The fraction of sp³-hybridized carbons (Fsp3) is 0.417. The van der Waals surface area contributed by atoms with Gasteiger partial charge in [0.25, 0.3) is 5.91 Å². The molecule has 0 aliphatic carbocycles. The van der Waals surface area contributed by atoms with Crippen molar-refractivity contribution in [2.24, 2.45) is 5.92 Å². The highest BCUT2D eigenvalue weighted by molar-refractivity contribution is 6.18. The van der Waals surface area contributed by atoms with Crippen LogP contribution in [0.1, 0.15) is 16.8 Å². The molecule has 1 aromatic heterocycles. The maximum atomic E-state index is 11.9. The zero-order valence-corrected chi connectivity index (χ0v) is 10.8. The zero-order valence-electron chi connectivity index (χ0n) is 10.0. The molecule has 1 unspecified atom stereocenters. The van der Waals surface area contributed by atoms with Crippen molar-refractivity contribution in [1.29, 1.82) is 0 Å². The molecular weight excluding hydrogens is 254 g/mol. The van der Waals surface area contributed by atoms with E-state index in [9.17, 15) is 9.59 Å². The average Bonchev–Trinajstić information content (AvgIpc) is 2.79. The molecule has 1 fully saturated rings. The molecule has 5 nitrogen and oxygen atoms in total. The van der Waals surface area contributed by atoms with Crippen LogP contribution in [0, 0.1) is 5.92 Å². The van der Waals surface area contributed by atoms with Crippen LogP contribution in [0.5, 0.6) is 0 Å². The summed E-state index contributed by atoms with van der Waals surface area (Å²) >= 11 is 5.78. The molecule has 1 saturated heterocycles. The molecular formula is C12H14ClN3O2. The van der Waals surface area contributed by atoms with Crippen molar-refractivity contribution in [3.63, 3.8) is 0 Å². The highest BCUT2D eigenvalue weighted by Crippen LogP contribution is 2.26. The number of amides is 2. The lowest BCUT2D eigenvalue weighted by atomic mass is 10.1. The number of nitrogens with one attached hydrogen (secondary N) is 1. The molecule has 18 heavy (non-hydrogen) atoms. The summed E-state index contributed by atoms with van der Waals surface area (Å²) < 4.78 is 0. The second-order valence-corrected chi connectivity index (χ2v) is 4.49. The molecule has 1 aliphatic rings. The van der Waals surface area contributed by atoms with Crippen molar-refractivity contribution < 1.29 is 9.59 Å². The van der Waals surface area contributed by atoms with Gasteiger partial charge in [0.2, 0.25) is 5.91 Å². The van der Waals surface area contributed by atoms with Crippen LogP contribution in [-0.2, 0) is 4.79 Å². The fourth-order valence-corrected chi connectivity index (χ4v) is 2.22. The number of aromatic nitrogens is 1. The molecule has 0 aromatic carbocycles. The van der Waals surface area contributed by atoms with Crippen LogP contribution in [0.3, 0.4) is 0 Å². The normalized spacial score (nSPS) is 19.1. The predicted octanol–water partition coefficient (Wildman–Crippen LogP) is 1.03. The number of carbonyl (C=O) groups excluding carboxylic acids is 2. The van der Waals surface area contributed by atoms with Crippen molar-refractivity contribution in [2.75, 3.05) is 24.4 Å². The number of pyridine rings is 1. The van der Waals surface area contributed by atoms with E-state index in [1.807, 2.05) is 0 Å². The highest BCUT2D eigenvalue weighted by atomic mass is 35.5. The minimum atomic E-state index is -0.250. The van der Waals surface area contributed by atoms with Gasteiger partial charge in [-0.3, -0.25) is 14.5 Å². The van der Waals surface area contributed by atoms with E-state index in [4.69, 9.17) is 11.6 Å². The van der Waals surface area contributed by atoms with Crippen molar-refractivity contribution in [3.8, 4) is 0 Å². The number of anilines is 1. The second kappa shape index (κ2) is 5.35. The first-order valence-electron chi connectivity index (χ1n) is 5.70. The van der Waals surface area contributed by atoms with E-state index in [0.29, 0.717) is 30.2 Å². The van der Waals surface area contributed by atoms with E-state index < -0.39 is 0 Å². The largest absolute Gasteiger partial charge is 0.355 e. The van der Waals surface area contributed by atoms with Gasteiger partial charge >= 0.3 is 0 Å². The Hall–Kier alpha value is -1.62. The first-order valence-corrected chi connectivity index (χ1v) is 6.24. The molecule has 2 heterocycles. The summed E-state index contributed by atoms with van der Waals surface area (Å²) in [4.78, 5) is 29.3. The summed E-state index contributed by atoms with van der Waals surface area (Å²) in [5.74, 6) is 0.683. The molecule has 2 amide bonds. The summed E-state index contributed by atoms with van der Waals surface area (Å²) in [6, 6.07) is 3.33. The smallest absolute Gasteiger partial charge is 0.254 e. The third-order valence-electron chi connectivity index (χ3n) is 2.94. The number of hydrogen-bond donors (Lipinski definition) is 1. The third-order valence-corrected chi connectivity index (χ3v) is 3.37. The van der Waals surface area contributed by atoms with E-state index in [2.05, 4.69) is 10.3 Å². The zero-order chi connectivity index (χ0) is 13.1. The SMILES string of the molecule is CNC(=O)c1cccnc1N1CC(CCl)CC1=O. The molecule has 1 N–H and O–H groups in total. The molecule has 1 aliphatic heterocycles. The van der Waals surface area contributed by atoms with E-state index in [1.165, 1.54) is 4.90 Å². The van der Waals surface area contributed by atoms with Gasteiger partial charge in [0.1, 0.15) is 5.82 Å². The lowest BCUT2D eigenvalue weighted by Crippen LogP contribution is -2.29. The Bertz CT molecular complexity index is 478. The van der Waals surface area contributed by atoms with E-state index in [0.717, 1.165) is 0 Å². The van der Waals surface area contributed by atoms with Gasteiger partial charge in [-0.2, -0.15) is 0 Å². The Labute approximate surface area is 110 Å². The fourth-order valence-electron chi connectivity index (χ4n) is 2.01. The van der Waals surface area contributed by atoms with Gasteiger partial charge in [-0.25, -0.2) is 4.98 Å². The number of hydrogen-bond acceptors (Lipinski definition) is 3. The van der Waals surface area contributed by atoms with Gasteiger partial charge in [0.15, 0.2) is 0 Å². The third kappa shape index (κ3) is 2.31. The molecule has 1 atom stereocenters. The summed E-state index contributed by atoms with van der Waals surface area (Å²) in [6.07, 6.45) is 1.98. The van der Waals surface area contributed by atoms with Gasteiger partial charge in [-0.1, -0.05) is 0 Å². The molecule has 1 aromatic rings. The molecule has 0 saturated carbocycles. The number of rotatable bonds is 3. The van der Waals surface area contributed by atoms with Gasteiger partial charge in [0.05, 0.1) is 5.56 Å². The number of nitrogens with zero attached hydrogens (tertiary/aromatic N) is 2. The number of alkyl halides is 1. The van der Waals surface area contributed by atoms with E-state index in [-0.39, 0.29) is 17.7 Å². The number of halogens is 1. The van der Waals surface area contributed by atoms with Crippen molar-refractivity contribution in [1.82, 2.24) is 10.3 Å². The second-order valence-electron chi connectivity index (χ2n) is 4.18. The van der Waals surface area contributed by atoms with Crippen LogP contribution in [-0.4, -0.2) is 36.3 Å². The number of carbonyl (C=O) groups is 2. The lowest BCUT2D eigenvalue weighted by molar-refractivity contribution is -0.117. The van der Waals surface area contributed by atoms with E-state index >= 15 is 0 Å². The summed E-state index contributed by atoms with van der Waals surface area (Å²) in [7, 11) is 1.55. The monoisotopic (exact) mass is 267 g/mol. The van der Waals surface area contributed by atoms with Crippen LogP contribution in [0.15, 0.2) is 18.3 Å². The summed E-state index contributed by atoms with van der Waals surface area (Å²) in [5, 5.41) is 2.54. The van der Waals surface area contributed by atoms with Crippen LogP contribution < -0.4 is 10.2 Å². The van der Waals surface area contributed by atoms with Crippen molar-refractivity contribution in [3.05, 3.63) is 23.9 Å². The first kappa shape index (κ1) is 12.8. The predicted molar refractivity (Wildman–Crippen MR) is 68.8 cm³/mol. The topological polar surface area (TPSA) is 62.3 Å². The Kier molecular flexibility index (Phi) is 3.81. The molecule has 2 rings (SSSR count). The van der Waals surface area contributed by atoms with Crippen LogP contribution in [0.2, 0.25) is 0 Å². The van der Waals surface area contributed by atoms with Crippen LogP contribution in [0.4, 0.5) is 5.82 Å². The quantitative estimate of drug-likeness (QED) is 0.832. The highest BCUT2D eigenvalue weighted by Gasteiger charge is 2.32. The van der Waals surface area contributed by atoms with Gasteiger partial charge in [-0.15, -0.1) is 11.6 Å². The standard InChI is InChI=1S/C12H14ClN3O2/c1-14-12(18)9-3-2-4-15-11(9)16-7-8(6-13)5-10(16)17/h2-4,8H,5-7H2,1H3,(H,14,18). The van der Waals surface area contributed by atoms with Crippen molar-refractivity contribution >= 4 is 29.2 Å². The lowest BCUT2D eigenvalue weighted by Gasteiger charge is -2.17. The van der Waals surface area contributed by atoms with Gasteiger partial charge in [-0.05, 0) is 18.1 Å². The van der Waals surface area contributed by atoms with Crippen molar-refractivity contribution in [2.45, 2.75) is 6.42 Å². The van der Waals surface area contributed by atoms with Gasteiger partial charge < -0.3 is 5.32 Å². The maximum absolute atomic E-state index is 11.9. The molecule has 96 valence electrons. The Balaban J connectivity index is 2.34. The minimum absolute atomic E-state index is 0.0375. The Morgan fingerprint density at radius 3 is 3.06 bits per heavy atom. The average molecular weight is 268 g/mol. The van der Waals surface area contributed by atoms with Crippen LogP contribution in [0.25, 0.3) is 0 Å².